The van der Waals surface area contributed by atoms with Crippen molar-refractivity contribution < 1.29 is 14.7 Å². The van der Waals surface area contributed by atoms with E-state index in [0.717, 1.165) is 38.5 Å². The third kappa shape index (κ3) is 11.4. The molecule has 178 valence electrons. The van der Waals surface area contributed by atoms with E-state index < -0.39 is 11.4 Å². The first kappa shape index (κ1) is 27.8. The van der Waals surface area contributed by atoms with E-state index in [4.69, 9.17) is 5.11 Å². The minimum atomic E-state index is -0.838. The lowest BCUT2D eigenvalue weighted by Gasteiger charge is -2.27. The molecule has 2 unspecified atom stereocenters. The molecular weight excluding hydrogens is 398 g/mol. The van der Waals surface area contributed by atoms with Gasteiger partial charge in [0.25, 0.3) is 0 Å². The van der Waals surface area contributed by atoms with Crippen molar-refractivity contribution in [1.82, 2.24) is 4.98 Å². The summed E-state index contributed by atoms with van der Waals surface area (Å²) in [4.78, 5) is 27.7. The first-order chi connectivity index (χ1) is 15.0. The van der Waals surface area contributed by atoms with Crippen molar-refractivity contribution in [2.75, 3.05) is 0 Å². The van der Waals surface area contributed by atoms with E-state index in [1.807, 2.05) is 45.3 Å². The van der Waals surface area contributed by atoms with E-state index in [1.54, 1.807) is 0 Å². The Morgan fingerprint density at radius 2 is 1.72 bits per heavy atom. The van der Waals surface area contributed by atoms with Gasteiger partial charge in [0.2, 0.25) is 0 Å². The number of aliphatic carboxylic acids is 1. The highest BCUT2D eigenvalue weighted by Gasteiger charge is 2.32. The van der Waals surface area contributed by atoms with Crippen LogP contribution in [-0.2, 0) is 9.59 Å². The number of allylic oxidation sites excluding steroid dienone is 3. The summed E-state index contributed by atoms with van der Waals surface area (Å²) in [7, 11) is 0. The summed E-state index contributed by atoms with van der Waals surface area (Å²) in [6, 6.07) is 4.05. The third-order valence-corrected chi connectivity index (χ3v) is 6.25. The Morgan fingerprint density at radius 3 is 2.34 bits per heavy atom. The van der Waals surface area contributed by atoms with Crippen LogP contribution in [0.15, 0.2) is 41.7 Å². The standard InChI is InChI=1S/C28H43NO3/c1-21(10-8-12-23(3)20-25-14-17-29-18-15-25)9-7-11-22(2)19-24(4)27(32)28(5,6)16-13-26(30)31/h10,14-15,17-18,20,22,24H,7-9,11-13,16,19H2,1-6H3,(H,30,31)/b21-10+,23-20+. The van der Waals surface area contributed by atoms with Gasteiger partial charge in [0.05, 0.1) is 0 Å². The number of hydrogen-bond acceptors (Lipinski definition) is 3. The van der Waals surface area contributed by atoms with E-state index in [2.05, 4.69) is 37.9 Å². The molecule has 4 heteroatoms. The van der Waals surface area contributed by atoms with Crippen LogP contribution in [0.25, 0.3) is 6.08 Å². The number of carbonyl (C=O) groups excluding carboxylic acids is 1. The van der Waals surface area contributed by atoms with Gasteiger partial charge in [-0.15, -0.1) is 0 Å². The third-order valence-electron chi connectivity index (χ3n) is 6.25. The molecule has 32 heavy (non-hydrogen) atoms. The maximum atomic E-state index is 12.8. The predicted molar refractivity (Wildman–Crippen MR) is 133 cm³/mol. The number of aromatic nitrogens is 1. The monoisotopic (exact) mass is 441 g/mol. The summed E-state index contributed by atoms with van der Waals surface area (Å²) in [5.41, 5.74) is 3.44. The van der Waals surface area contributed by atoms with Crippen molar-refractivity contribution in [2.45, 2.75) is 92.9 Å². The van der Waals surface area contributed by atoms with Gasteiger partial charge in [-0.25, -0.2) is 0 Å². The van der Waals surface area contributed by atoms with Crippen LogP contribution in [0.2, 0.25) is 0 Å². The SMILES string of the molecule is C/C(=C\c1ccncc1)CC/C=C(\C)CCCC(C)CC(C)C(=O)C(C)(C)CCC(=O)O. The van der Waals surface area contributed by atoms with E-state index in [9.17, 15) is 9.59 Å². The second-order valence-corrected chi connectivity index (χ2v) is 10.1. The molecule has 1 heterocycles. The molecule has 0 aliphatic carbocycles. The fraction of sp³-hybridized carbons (Fsp3) is 0.607. The van der Waals surface area contributed by atoms with Gasteiger partial charge < -0.3 is 5.11 Å². The zero-order chi connectivity index (χ0) is 24.1. The minimum Gasteiger partial charge on any atom is -0.481 e. The van der Waals surface area contributed by atoms with E-state index in [0.29, 0.717) is 12.3 Å². The highest BCUT2D eigenvalue weighted by molar-refractivity contribution is 5.86. The van der Waals surface area contributed by atoms with Crippen molar-refractivity contribution in [3.63, 3.8) is 0 Å². The first-order valence-electron chi connectivity index (χ1n) is 12.0. The Kier molecular flexibility index (Phi) is 12.2. The predicted octanol–water partition coefficient (Wildman–Crippen LogP) is 7.50. The lowest BCUT2D eigenvalue weighted by molar-refractivity contribution is -0.138. The van der Waals surface area contributed by atoms with Crippen molar-refractivity contribution >= 4 is 17.8 Å². The molecule has 1 aromatic heterocycles. The van der Waals surface area contributed by atoms with Crippen LogP contribution >= 0.6 is 0 Å². The number of carboxylic acid groups (broad SMARTS) is 1. The lowest BCUT2D eigenvalue weighted by Crippen LogP contribution is -2.31. The molecule has 0 aliphatic heterocycles. The number of ketones is 1. The molecular formula is C28H43NO3. The maximum Gasteiger partial charge on any atom is 0.303 e. The van der Waals surface area contributed by atoms with E-state index in [-0.39, 0.29) is 18.1 Å². The number of hydrogen-bond donors (Lipinski definition) is 1. The largest absolute Gasteiger partial charge is 0.481 e. The second kappa shape index (κ2) is 14.0. The summed E-state index contributed by atoms with van der Waals surface area (Å²) in [6.45, 7) is 12.4. The number of carbonyl (C=O) groups is 2. The molecule has 0 fully saturated rings. The van der Waals surface area contributed by atoms with Crippen molar-refractivity contribution in [3.05, 3.63) is 47.3 Å². The summed E-state index contributed by atoms with van der Waals surface area (Å²) < 4.78 is 0. The van der Waals surface area contributed by atoms with Gasteiger partial charge in [-0.1, -0.05) is 57.4 Å². The Bertz CT molecular complexity index is 777. The summed E-state index contributed by atoms with van der Waals surface area (Å²) in [5.74, 6) is -0.185. The number of rotatable bonds is 15. The normalized spacial score (nSPS) is 14.8. The van der Waals surface area contributed by atoms with Crippen LogP contribution in [-0.4, -0.2) is 21.8 Å². The van der Waals surface area contributed by atoms with Gasteiger partial charge in [-0.3, -0.25) is 14.6 Å². The Hall–Kier alpha value is -2.23. The Morgan fingerprint density at radius 1 is 1.06 bits per heavy atom. The number of pyridine rings is 1. The molecule has 0 saturated heterocycles. The highest BCUT2D eigenvalue weighted by atomic mass is 16.4. The molecule has 0 amide bonds. The van der Waals surface area contributed by atoms with Crippen molar-refractivity contribution in [1.29, 1.82) is 0 Å². The van der Waals surface area contributed by atoms with Crippen LogP contribution in [0.4, 0.5) is 0 Å². The van der Waals surface area contributed by atoms with Gasteiger partial charge in [0.1, 0.15) is 5.78 Å². The van der Waals surface area contributed by atoms with Crippen LogP contribution in [0.5, 0.6) is 0 Å². The van der Waals surface area contributed by atoms with Gasteiger partial charge in [-0.05, 0) is 76.0 Å². The van der Waals surface area contributed by atoms with E-state index in [1.165, 1.54) is 16.7 Å². The smallest absolute Gasteiger partial charge is 0.303 e. The van der Waals surface area contributed by atoms with Crippen LogP contribution < -0.4 is 0 Å². The van der Waals surface area contributed by atoms with E-state index >= 15 is 0 Å². The average Bonchev–Trinajstić information content (AvgIpc) is 2.72. The molecule has 1 N–H and O–H groups in total. The zero-order valence-corrected chi connectivity index (χ0v) is 21.0. The van der Waals surface area contributed by atoms with Gasteiger partial charge >= 0.3 is 5.97 Å². The highest BCUT2D eigenvalue weighted by Crippen LogP contribution is 2.30. The average molecular weight is 442 g/mol. The topological polar surface area (TPSA) is 67.3 Å². The molecule has 0 aromatic carbocycles. The number of carboxylic acids is 1. The summed E-state index contributed by atoms with van der Waals surface area (Å²) in [5, 5.41) is 8.90. The van der Waals surface area contributed by atoms with Gasteiger partial charge in [0.15, 0.2) is 0 Å². The number of Topliss-reactive ketones (excluding diaryl/α,β-unsaturated/α-hetero) is 1. The second-order valence-electron chi connectivity index (χ2n) is 10.1. The lowest BCUT2D eigenvalue weighted by atomic mass is 9.75. The summed E-state index contributed by atoms with van der Waals surface area (Å²) >= 11 is 0. The Balaban J connectivity index is 2.33. The first-order valence-corrected chi connectivity index (χ1v) is 12.0. The molecule has 0 saturated carbocycles. The van der Waals surface area contributed by atoms with Crippen LogP contribution in [0, 0.1) is 17.3 Å². The van der Waals surface area contributed by atoms with Crippen LogP contribution in [0.3, 0.4) is 0 Å². The zero-order valence-electron chi connectivity index (χ0n) is 21.0. The summed E-state index contributed by atoms with van der Waals surface area (Å²) in [6.07, 6.45) is 15.0. The molecule has 0 spiro atoms. The van der Waals surface area contributed by atoms with Crippen molar-refractivity contribution in [3.8, 4) is 0 Å². The quantitative estimate of drug-likeness (QED) is 0.286. The maximum absolute atomic E-state index is 12.8. The molecule has 0 aliphatic rings. The van der Waals surface area contributed by atoms with Gasteiger partial charge in [-0.2, -0.15) is 0 Å². The molecule has 1 aromatic rings. The Labute approximate surface area is 195 Å². The van der Waals surface area contributed by atoms with Gasteiger partial charge in [0, 0.05) is 30.1 Å². The molecule has 4 nitrogen and oxygen atoms in total. The fourth-order valence-electron chi connectivity index (χ4n) is 4.23. The molecule has 0 radical (unpaired) electrons. The molecule has 1 rings (SSSR count). The van der Waals surface area contributed by atoms with Crippen molar-refractivity contribution in [2.24, 2.45) is 17.3 Å². The number of nitrogens with zero attached hydrogens (tertiary/aromatic N) is 1. The molecule has 2 atom stereocenters. The van der Waals surface area contributed by atoms with Crippen LogP contribution in [0.1, 0.15) is 98.5 Å². The minimum absolute atomic E-state index is 0.0272. The fourth-order valence-corrected chi connectivity index (χ4v) is 4.23. The molecule has 0 bridgehead atoms.